The first-order chi connectivity index (χ1) is 13.1. The average molecular weight is 372 g/mol. The van der Waals surface area contributed by atoms with Crippen LogP contribution >= 0.6 is 0 Å². The van der Waals surface area contributed by atoms with E-state index >= 15 is 0 Å². The molecule has 2 amide bonds. The summed E-state index contributed by atoms with van der Waals surface area (Å²) in [4.78, 5) is 34.1. The molecule has 1 saturated heterocycles. The predicted molar refractivity (Wildman–Crippen MR) is 96.2 cm³/mol. The predicted octanol–water partition coefficient (Wildman–Crippen LogP) is 1.21. The zero-order valence-corrected chi connectivity index (χ0v) is 15.3. The second-order valence-electron chi connectivity index (χ2n) is 5.90. The molecule has 0 radical (unpaired) electrons. The van der Waals surface area contributed by atoms with Crippen LogP contribution in [0.2, 0.25) is 0 Å². The minimum Gasteiger partial charge on any atom is -0.493 e. The second kappa shape index (κ2) is 7.90. The third kappa shape index (κ3) is 3.76. The van der Waals surface area contributed by atoms with Crippen LogP contribution in [0.3, 0.4) is 0 Å². The summed E-state index contributed by atoms with van der Waals surface area (Å²) in [5.74, 6) is 0.611. The highest BCUT2D eigenvalue weighted by Gasteiger charge is 2.36. The van der Waals surface area contributed by atoms with Gasteiger partial charge in [0.1, 0.15) is 5.69 Å². The number of amides is 2. The fraction of sp³-hybridized carbons (Fsp3) is 0.333. The van der Waals surface area contributed by atoms with Gasteiger partial charge in [0.05, 0.1) is 33.4 Å². The van der Waals surface area contributed by atoms with Crippen molar-refractivity contribution in [1.82, 2.24) is 14.9 Å². The van der Waals surface area contributed by atoms with Gasteiger partial charge < -0.3 is 24.4 Å². The van der Waals surface area contributed by atoms with Crippen LogP contribution in [0.15, 0.2) is 30.7 Å². The number of nitrogens with one attached hydrogen (secondary N) is 1. The van der Waals surface area contributed by atoms with Crippen molar-refractivity contribution < 1.29 is 23.8 Å². The first kappa shape index (κ1) is 18.4. The molecule has 142 valence electrons. The molecule has 0 bridgehead atoms. The summed E-state index contributed by atoms with van der Waals surface area (Å²) in [5.41, 5.74) is 0.786. The number of ether oxygens (including phenoxy) is 3. The van der Waals surface area contributed by atoms with Gasteiger partial charge in [0, 0.05) is 43.3 Å². The molecule has 3 rings (SSSR count). The number of likely N-dealkylation sites (tertiary alicyclic amines) is 1. The van der Waals surface area contributed by atoms with Crippen molar-refractivity contribution in [2.24, 2.45) is 5.92 Å². The maximum absolute atomic E-state index is 12.5. The molecule has 0 spiro atoms. The maximum atomic E-state index is 12.5. The third-order valence-corrected chi connectivity index (χ3v) is 4.25. The Morgan fingerprint density at radius 1 is 1.07 bits per heavy atom. The standard InChI is InChI=1S/C18H20N4O5/c1-25-14-6-12(7-15(26-2)16(14)27-3)21-17(23)11-9-22(10-11)18(24)13-8-19-4-5-20-13/h4-8,11H,9-10H2,1-3H3,(H,21,23). The van der Waals surface area contributed by atoms with Gasteiger partial charge in [-0.25, -0.2) is 4.98 Å². The monoisotopic (exact) mass is 372 g/mol. The van der Waals surface area contributed by atoms with E-state index in [4.69, 9.17) is 14.2 Å². The van der Waals surface area contributed by atoms with E-state index in [9.17, 15) is 9.59 Å². The summed E-state index contributed by atoms with van der Waals surface area (Å²) in [6, 6.07) is 3.31. The molecule has 1 aliphatic rings. The second-order valence-corrected chi connectivity index (χ2v) is 5.90. The molecule has 1 aromatic carbocycles. The lowest BCUT2D eigenvalue weighted by atomic mass is 9.98. The molecule has 1 aliphatic heterocycles. The molecule has 2 aromatic rings. The number of anilines is 1. The van der Waals surface area contributed by atoms with Crippen LogP contribution in [-0.2, 0) is 4.79 Å². The van der Waals surface area contributed by atoms with Gasteiger partial charge in [-0.1, -0.05) is 0 Å². The fourth-order valence-corrected chi connectivity index (χ4v) is 2.78. The summed E-state index contributed by atoms with van der Waals surface area (Å²) in [6.07, 6.45) is 4.37. The Bertz CT molecular complexity index is 812. The van der Waals surface area contributed by atoms with E-state index in [1.165, 1.54) is 39.9 Å². The average Bonchev–Trinajstić information content (AvgIpc) is 2.66. The molecular weight excluding hydrogens is 352 g/mol. The number of nitrogens with zero attached hydrogens (tertiary/aromatic N) is 3. The summed E-state index contributed by atoms with van der Waals surface area (Å²) in [6.45, 7) is 0.650. The van der Waals surface area contributed by atoms with Gasteiger partial charge in [-0.2, -0.15) is 0 Å². The molecule has 0 aliphatic carbocycles. The van der Waals surface area contributed by atoms with Gasteiger partial charge in [-0.3, -0.25) is 14.6 Å². The van der Waals surface area contributed by atoms with Crippen molar-refractivity contribution >= 4 is 17.5 Å². The van der Waals surface area contributed by atoms with Crippen molar-refractivity contribution in [1.29, 1.82) is 0 Å². The van der Waals surface area contributed by atoms with Crippen LogP contribution in [0.4, 0.5) is 5.69 Å². The normalized spacial score (nSPS) is 13.5. The molecule has 1 N–H and O–H groups in total. The van der Waals surface area contributed by atoms with Crippen molar-refractivity contribution in [3.63, 3.8) is 0 Å². The molecule has 1 fully saturated rings. The topological polar surface area (TPSA) is 103 Å². The Balaban J connectivity index is 1.63. The molecule has 27 heavy (non-hydrogen) atoms. The summed E-state index contributed by atoms with van der Waals surface area (Å²) < 4.78 is 15.8. The van der Waals surface area contributed by atoms with Gasteiger partial charge in [-0.05, 0) is 0 Å². The zero-order valence-electron chi connectivity index (χ0n) is 15.3. The first-order valence-corrected chi connectivity index (χ1v) is 8.23. The maximum Gasteiger partial charge on any atom is 0.274 e. The van der Waals surface area contributed by atoms with Crippen molar-refractivity contribution in [3.8, 4) is 17.2 Å². The SMILES string of the molecule is COc1cc(NC(=O)C2CN(C(=O)c3cnccn3)C2)cc(OC)c1OC. The Morgan fingerprint density at radius 2 is 1.74 bits per heavy atom. The number of aromatic nitrogens is 2. The number of hydrogen-bond donors (Lipinski definition) is 1. The lowest BCUT2D eigenvalue weighted by Crippen LogP contribution is -2.54. The highest BCUT2D eigenvalue weighted by atomic mass is 16.5. The molecule has 2 heterocycles. The molecule has 9 heteroatoms. The summed E-state index contributed by atoms with van der Waals surface area (Å²) in [7, 11) is 4.52. The largest absolute Gasteiger partial charge is 0.493 e. The summed E-state index contributed by atoms with van der Waals surface area (Å²) in [5, 5.41) is 2.82. The molecule has 9 nitrogen and oxygen atoms in total. The van der Waals surface area contributed by atoms with E-state index in [-0.39, 0.29) is 23.4 Å². The van der Waals surface area contributed by atoms with Crippen LogP contribution in [-0.4, -0.2) is 61.1 Å². The Hall–Kier alpha value is -3.36. The highest BCUT2D eigenvalue weighted by Crippen LogP contribution is 2.40. The van der Waals surface area contributed by atoms with Crippen LogP contribution in [0.1, 0.15) is 10.5 Å². The van der Waals surface area contributed by atoms with Gasteiger partial charge in [0.15, 0.2) is 11.5 Å². The van der Waals surface area contributed by atoms with E-state index in [1.807, 2.05) is 0 Å². The smallest absolute Gasteiger partial charge is 0.274 e. The number of hydrogen-bond acceptors (Lipinski definition) is 7. The van der Waals surface area contributed by atoms with Gasteiger partial charge in [0.2, 0.25) is 11.7 Å². The zero-order chi connectivity index (χ0) is 19.4. The Morgan fingerprint density at radius 3 is 2.26 bits per heavy atom. The Labute approximate surface area is 156 Å². The van der Waals surface area contributed by atoms with Crippen LogP contribution in [0, 0.1) is 5.92 Å². The molecular formula is C18H20N4O5. The Kier molecular flexibility index (Phi) is 5.39. The molecule has 1 aromatic heterocycles. The highest BCUT2D eigenvalue weighted by molar-refractivity contribution is 5.97. The van der Waals surface area contributed by atoms with E-state index in [2.05, 4.69) is 15.3 Å². The van der Waals surface area contributed by atoms with E-state index in [1.54, 1.807) is 17.0 Å². The van der Waals surface area contributed by atoms with Crippen LogP contribution in [0.25, 0.3) is 0 Å². The van der Waals surface area contributed by atoms with E-state index < -0.39 is 0 Å². The van der Waals surface area contributed by atoms with Gasteiger partial charge in [-0.15, -0.1) is 0 Å². The lowest BCUT2D eigenvalue weighted by molar-refractivity contribution is -0.123. The molecule has 0 atom stereocenters. The van der Waals surface area contributed by atoms with Gasteiger partial charge in [0.25, 0.3) is 5.91 Å². The number of carbonyl (C=O) groups excluding carboxylic acids is 2. The quantitative estimate of drug-likeness (QED) is 0.813. The van der Waals surface area contributed by atoms with Crippen LogP contribution < -0.4 is 19.5 Å². The van der Waals surface area contributed by atoms with E-state index in [0.29, 0.717) is 36.0 Å². The minimum absolute atomic E-state index is 0.188. The minimum atomic E-state index is -0.301. The number of methoxy groups -OCH3 is 3. The number of carbonyl (C=O) groups is 2. The molecule has 0 unspecified atom stereocenters. The fourth-order valence-electron chi connectivity index (χ4n) is 2.78. The number of rotatable bonds is 6. The van der Waals surface area contributed by atoms with Crippen LogP contribution in [0.5, 0.6) is 17.2 Å². The first-order valence-electron chi connectivity index (χ1n) is 8.23. The summed E-state index contributed by atoms with van der Waals surface area (Å²) >= 11 is 0. The van der Waals surface area contributed by atoms with Gasteiger partial charge >= 0.3 is 0 Å². The van der Waals surface area contributed by atoms with E-state index in [0.717, 1.165) is 0 Å². The van der Waals surface area contributed by atoms with Crippen molar-refractivity contribution in [3.05, 3.63) is 36.4 Å². The third-order valence-electron chi connectivity index (χ3n) is 4.25. The van der Waals surface area contributed by atoms with Crippen molar-refractivity contribution in [2.45, 2.75) is 0 Å². The molecule has 0 saturated carbocycles. The van der Waals surface area contributed by atoms with Crippen molar-refractivity contribution in [2.75, 3.05) is 39.7 Å². The lowest BCUT2D eigenvalue weighted by Gasteiger charge is -2.37. The number of benzene rings is 1.